The predicted octanol–water partition coefficient (Wildman–Crippen LogP) is 1.77. The number of nitrogens with zero attached hydrogens (tertiary/aromatic N) is 3. The summed E-state index contributed by atoms with van der Waals surface area (Å²) in [5, 5.41) is 5.51. The Kier molecular flexibility index (Phi) is 2.98. The third-order valence-electron chi connectivity index (χ3n) is 3.93. The Morgan fingerprint density at radius 3 is 2.68 bits per heavy atom. The molecule has 0 aliphatic carbocycles. The van der Waals surface area contributed by atoms with Crippen LogP contribution in [0.4, 0.5) is 4.79 Å². The van der Waals surface area contributed by atoms with Gasteiger partial charge in [0.05, 0.1) is 11.2 Å². The average Bonchev–Trinajstić information content (AvgIpc) is 2.79. The fraction of sp³-hybridized carbons (Fsp3) is 0.429. The van der Waals surface area contributed by atoms with Crippen LogP contribution in [0, 0.1) is 0 Å². The van der Waals surface area contributed by atoms with Gasteiger partial charge in [-0.25, -0.2) is 4.79 Å². The zero-order valence-corrected chi connectivity index (χ0v) is 11.0. The highest BCUT2D eigenvalue weighted by atomic mass is 16.2. The van der Waals surface area contributed by atoms with Crippen LogP contribution in [-0.4, -0.2) is 40.8 Å². The molecule has 2 heterocycles. The molecule has 2 N–H and O–H groups in total. The molecule has 3 rings (SSSR count). The monoisotopic (exact) mass is 258 g/mol. The summed E-state index contributed by atoms with van der Waals surface area (Å²) in [5.74, 6) is 0.418. The van der Waals surface area contributed by atoms with Gasteiger partial charge in [-0.3, -0.25) is 0 Å². The number of amides is 1. The molecule has 2 aromatic rings. The molecule has 19 heavy (non-hydrogen) atoms. The van der Waals surface area contributed by atoms with E-state index in [1.807, 2.05) is 24.3 Å². The molecule has 0 atom stereocenters. The van der Waals surface area contributed by atoms with Crippen LogP contribution >= 0.6 is 0 Å². The van der Waals surface area contributed by atoms with E-state index in [-0.39, 0.29) is 0 Å². The summed E-state index contributed by atoms with van der Waals surface area (Å²) < 4.78 is 1.32. The number of likely N-dealkylation sites (tertiary alicyclic amines) is 1. The normalized spacial score (nSPS) is 17.9. The molecule has 1 aromatic heterocycles. The largest absolute Gasteiger partial charge is 0.350 e. The number of aromatic nitrogens is 2. The second kappa shape index (κ2) is 4.66. The van der Waals surface area contributed by atoms with Crippen molar-refractivity contribution in [1.82, 2.24) is 14.7 Å². The van der Waals surface area contributed by atoms with Crippen LogP contribution in [0.15, 0.2) is 24.3 Å². The van der Waals surface area contributed by atoms with Gasteiger partial charge < -0.3 is 10.6 Å². The molecule has 1 saturated heterocycles. The Balaban J connectivity index is 2.06. The van der Waals surface area contributed by atoms with E-state index in [1.165, 1.54) is 4.68 Å². The molecule has 0 radical (unpaired) electrons. The minimum Gasteiger partial charge on any atom is -0.350 e. The Bertz CT molecular complexity index is 611. The van der Waals surface area contributed by atoms with Crippen LogP contribution in [0.2, 0.25) is 0 Å². The van der Waals surface area contributed by atoms with Crippen molar-refractivity contribution in [2.75, 3.05) is 20.1 Å². The van der Waals surface area contributed by atoms with Crippen molar-refractivity contribution >= 4 is 16.9 Å². The van der Waals surface area contributed by atoms with Crippen LogP contribution in [0.1, 0.15) is 24.5 Å². The third kappa shape index (κ3) is 2.10. The molecule has 100 valence electrons. The Hall–Kier alpha value is -1.88. The maximum Gasteiger partial charge on any atom is 0.340 e. The van der Waals surface area contributed by atoms with Crippen LogP contribution in [0.5, 0.6) is 0 Å². The Morgan fingerprint density at radius 2 is 2.00 bits per heavy atom. The number of hydrogen-bond acceptors (Lipinski definition) is 3. The Labute approximate surface area is 112 Å². The summed E-state index contributed by atoms with van der Waals surface area (Å²) in [6.07, 6.45) is 2.16. The molecule has 0 bridgehead atoms. The maximum atomic E-state index is 11.5. The first-order valence-corrected chi connectivity index (χ1v) is 6.63. The average molecular weight is 258 g/mol. The van der Waals surface area contributed by atoms with E-state index in [0.717, 1.165) is 42.5 Å². The van der Waals surface area contributed by atoms with Gasteiger partial charge >= 0.3 is 6.03 Å². The summed E-state index contributed by atoms with van der Waals surface area (Å²) in [4.78, 5) is 13.8. The van der Waals surface area contributed by atoms with Crippen LogP contribution in [0.3, 0.4) is 0 Å². The first kappa shape index (κ1) is 12.2. The van der Waals surface area contributed by atoms with Crippen molar-refractivity contribution in [3.63, 3.8) is 0 Å². The number of carbonyl (C=O) groups excluding carboxylic acids is 1. The number of fused-ring (bicyclic) bond motifs is 1. The van der Waals surface area contributed by atoms with E-state index in [0.29, 0.717) is 5.92 Å². The fourth-order valence-electron chi connectivity index (χ4n) is 2.84. The topological polar surface area (TPSA) is 64.2 Å². The summed E-state index contributed by atoms with van der Waals surface area (Å²) in [6, 6.07) is 7.28. The van der Waals surface area contributed by atoms with Gasteiger partial charge in [0.25, 0.3) is 0 Å². The standard InChI is InChI=1S/C14H18N4O/c1-17-8-6-10(7-9-17)13-11-4-2-3-5-12(11)18(16-13)14(15)19/h2-5,10H,6-9H2,1H3,(H2,15,19). The van der Waals surface area contributed by atoms with Crippen molar-refractivity contribution in [3.05, 3.63) is 30.0 Å². The van der Waals surface area contributed by atoms with Gasteiger partial charge in [0, 0.05) is 11.3 Å². The van der Waals surface area contributed by atoms with Crippen LogP contribution in [-0.2, 0) is 0 Å². The molecule has 0 spiro atoms. The van der Waals surface area contributed by atoms with Crippen LogP contribution in [0.25, 0.3) is 10.9 Å². The minimum atomic E-state index is -0.518. The molecule has 1 fully saturated rings. The second-order valence-corrected chi connectivity index (χ2v) is 5.23. The van der Waals surface area contributed by atoms with E-state index >= 15 is 0 Å². The minimum absolute atomic E-state index is 0.418. The molecule has 1 aromatic carbocycles. The number of carbonyl (C=O) groups is 1. The molecule has 1 aliphatic rings. The first-order chi connectivity index (χ1) is 9.16. The van der Waals surface area contributed by atoms with E-state index in [2.05, 4.69) is 17.0 Å². The molecular formula is C14H18N4O. The number of nitrogens with two attached hydrogens (primary N) is 1. The highest BCUT2D eigenvalue weighted by Crippen LogP contribution is 2.31. The lowest BCUT2D eigenvalue weighted by atomic mass is 9.92. The molecule has 1 aliphatic heterocycles. The zero-order chi connectivity index (χ0) is 13.4. The van der Waals surface area contributed by atoms with Crippen molar-refractivity contribution in [3.8, 4) is 0 Å². The van der Waals surface area contributed by atoms with Gasteiger partial charge in [-0.2, -0.15) is 9.78 Å². The smallest absolute Gasteiger partial charge is 0.340 e. The molecule has 1 amide bonds. The van der Waals surface area contributed by atoms with Gasteiger partial charge in [-0.1, -0.05) is 18.2 Å². The van der Waals surface area contributed by atoms with Crippen molar-refractivity contribution in [2.45, 2.75) is 18.8 Å². The lowest BCUT2D eigenvalue weighted by molar-refractivity contribution is 0.246. The number of para-hydroxylation sites is 1. The first-order valence-electron chi connectivity index (χ1n) is 6.63. The van der Waals surface area contributed by atoms with E-state index < -0.39 is 6.03 Å². The zero-order valence-electron chi connectivity index (χ0n) is 11.0. The maximum absolute atomic E-state index is 11.5. The lowest BCUT2D eigenvalue weighted by Gasteiger charge is -2.28. The van der Waals surface area contributed by atoms with Gasteiger partial charge in [0.15, 0.2) is 0 Å². The summed E-state index contributed by atoms with van der Waals surface area (Å²) in [6.45, 7) is 2.14. The van der Waals surface area contributed by atoms with Gasteiger partial charge in [-0.15, -0.1) is 0 Å². The number of benzene rings is 1. The molecule has 0 saturated carbocycles. The second-order valence-electron chi connectivity index (χ2n) is 5.23. The summed E-state index contributed by atoms with van der Waals surface area (Å²) in [5.41, 5.74) is 7.22. The predicted molar refractivity (Wildman–Crippen MR) is 74.2 cm³/mol. The van der Waals surface area contributed by atoms with E-state index in [1.54, 1.807) is 0 Å². The number of hydrogen-bond donors (Lipinski definition) is 1. The quantitative estimate of drug-likeness (QED) is 0.848. The van der Waals surface area contributed by atoms with E-state index in [4.69, 9.17) is 5.73 Å². The fourth-order valence-corrected chi connectivity index (χ4v) is 2.84. The Morgan fingerprint density at radius 1 is 1.32 bits per heavy atom. The molecular weight excluding hydrogens is 240 g/mol. The van der Waals surface area contributed by atoms with Crippen molar-refractivity contribution in [1.29, 1.82) is 0 Å². The molecule has 5 nitrogen and oxygen atoms in total. The van der Waals surface area contributed by atoms with Gasteiger partial charge in [0.1, 0.15) is 0 Å². The number of rotatable bonds is 1. The van der Waals surface area contributed by atoms with E-state index in [9.17, 15) is 4.79 Å². The van der Waals surface area contributed by atoms with Crippen molar-refractivity contribution in [2.24, 2.45) is 5.73 Å². The van der Waals surface area contributed by atoms with Crippen LogP contribution < -0.4 is 5.73 Å². The molecule has 0 unspecified atom stereocenters. The number of piperidine rings is 1. The third-order valence-corrected chi connectivity index (χ3v) is 3.93. The summed E-state index contributed by atoms with van der Waals surface area (Å²) >= 11 is 0. The number of primary amides is 1. The van der Waals surface area contributed by atoms with Gasteiger partial charge in [-0.05, 0) is 39.0 Å². The summed E-state index contributed by atoms with van der Waals surface area (Å²) in [7, 11) is 2.14. The highest BCUT2D eigenvalue weighted by Gasteiger charge is 2.24. The highest BCUT2D eigenvalue weighted by molar-refractivity contribution is 5.91. The SMILES string of the molecule is CN1CCC(c2nn(C(N)=O)c3ccccc23)CC1. The molecule has 5 heteroatoms. The van der Waals surface area contributed by atoms with Crippen molar-refractivity contribution < 1.29 is 4.79 Å². The lowest BCUT2D eigenvalue weighted by Crippen LogP contribution is -2.29. The van der Waals surface area contributed by atoms with Gasteiger partial charge in [0.2, 0.25) is 0 Å².